The topological polar surface area (TPSA) is 12.0 Å². The van der Waals surface area contributed by atoms with E-state index in [9.17, 15) is 0 Å². The van der Waals surface area contributed by atoms with Gasteiger partial charge in [0.15, 0.2) is 0 Å². The van der Waals surface area contributed by atoms with Gasteiger partial charge < -0.3 is 5.32 Å². The Morgan fingerprint density at radius 1 is 1.00 bits per heavy atom. The Morgan fingerprint density at radius 3 is 2.32 bits per heavy atom. The van der Waals surface area contributed by atoms with Crippen molar-refractivity contribution >= 4 is 17.4 Å². The fourth-order valence-corrected chi connectivity index (χ4v) is 2.65. The molecule has 0 heterocycles. The Hall–Kier alpha value is -1.41. The molecule has 100 valence electrons. The van der Waals surface area contributed by atoms with Crippen molar-refractivity contribution in [3.05, 3.63) is 59.2 Å². The van der Waals surface area contributed by atoms with Crippen LogP contribution in [0.1, 0.15) is 29.7 Å². The molecule has 0 aromatic heterocycles. The van der Waals surface area contributed by atoms with Gasteiger partial charge in [-0.2, -0.15) is 0 Å². The third kappa shape index (κ3) is 3.54. The summed E-state index contributed by atoms with van der Waals surface area (Å²) in [6.07, 6.45) is 2.10. The van der Waals surface area contributed by atoms with Crippen molar-refractivity contribution in [1.82, 2.24) is 0 Å². The molecule has 0 radical (unpaired) electrons. The van der Waals surface area contributed by atoms with Crippen LogP contribution in [0.15, 0.2) is 47.4 Å². The minimum Gasteiger partial charge on any atom is -0.379 e. The Kier molecular flexibility index (Phi) is 4.54. The summed E-state index contributed by atoms with van der Waals surface area (Å²) in [7, 11) is 0. The quantitative estimate of drug-likeness (QED) is 0.767. The smallest absolute Gasteiger partial charge is 0.0488 e. The maximum atomic E-state index is 3.57. The summed E-state index contributed by atoms with van der Waals surface area (Å²) in [6, 6.07) is 15.5. The second-order valence-corrected chi connectivity index (χ2v) is 5.83. The average molecular weight is 271 g/mol. The fourth-order valence-electron chi connectivity index (χ4n) is 2.24. The summed E-state index contributed by atoms with van der Waals surface area (Å²) in [5.41, 5.74) is 5.19. The lowest BCUT2D eigenvalue weighted by molar-refractivity contribution is 0.872. The highest BCUT2D eigenvalue weighted by Gasteiger charge is 2.08. The van der Waals surface area contributed by atoms with Crippen LogP contribution in [0.5, 0.6) is 0 Å². The number of aryl methyl sites for hydroxylation is 2. The van der Waals surface area contributed by atoms with Crippen LogP contribution in [0.3, 0.4) is 0 Å². The first-order valence-corrected chi connectivity index (χ1v) is 7.80. The summed E-state index contributed by atoms with van der Waals surface area (Å²) < 4.78 is 0. The number of anilines is 1. The molecule has 1 nitrogen and oxygen atoms in total. The minimum atomic E-state index is 0.319. The molecule has 2 heteroatoms. The number of hydrogen-bond donors (Lipinski definition) is 1. The van der Waals surface area contributed by atoms with Gasteiger partial charge in [0.25, 0.3) is 0 Å². The molecule has 0 saturated carbocycles. The number of nitrogens with one attached hydrogen (secondary N) is 1. The first kappa shape index (κ1) is 14.0. The number of rotatable bonds is 4. The summed E-state index contributed by atoms with van der Waals surface area (Å²) in [5, 5.41) is 3.57. The lowest BCUT2D eigenvalue weighted by Gasteiger charge is -2.18. The molecule has 0 aliphatic heterocycles. The molecule has 1 unspecified atom stereocenters. The third-order valence-corrected chi connectivity index (χ3v) is 4.12. The molecule has 2 aromatic carbocycles. The summed E-state index contributed by atoms with van der Waals surface area (Å²) in [4.78, 5) is 1.30. The summed E-state index contributed by atoms with van der Waals surface area (Å²) in [6.45, 7) is 6.52. The highest BCUT2D eigenvalue weighted by Crippen LogP contribution is 2.24. The average Bonchev–Trinajstić information content (AvgIpc) is 2.42. The van der Waals surface area contributed by atoms with E-state index in [0.717, 1.165) is 0 Å². The maximum Gasteiger partial charge on any atom is 0.0488 e. The van der Waals surface area contributed by atoms with Gasteiger partial charge in [-0.05, 0) is 62.4 Å². The van der Waals surface area contributed by atoms with Crippen molar-refractivity contribution in [2.75, 3.05) is 11.6 Å². The van der Waals surface area contributed by atoms with Gasteiger partial charge >= 0.3 is 0 Å². The van der Waals surface area contributed by atoms with Gasteiger partial charge in [0.2, 0.25) is 0 Å². The highest BCUT2D eigenvalue weighted by molar-refractivity contribution is 7.98. The van der Waals surface area contributed by atoms with Gasteiger partial charge in [-0.15, -0.1) is 11.8 Å². The van der Waals surface area contributed by atoms with Gasteiger partial charge in [-0.1, -0.05) is 23.8 Å². The van der Waals surface area contributed by atoms with Crippen molar-refractivity contribution in [3.8, 4) is 0 Å². The zero-order valence-electron chi connectivity index (χ0n) is 12.0. The molecular formula is C17H21NS. The van der Waals surface area contributed by atoms with E-state index in [-0.39, 0.29) is 0 Å². The minimum absolute atomic E-state index is 0.319. The lowest BCUT2D eigenvalue weighted by Crippen LogP contribution is -2.08. The van der Waals surface area contributed by atoms with E-state index in [4.69, 9.17) is 0 Å². The molecule has 0 aliphatic carbocycles. The molecular weight excluding hydrogens is 250 g/mol. The number of benzene rings is 2. The predicted octanol–water partition coefficient (Wildman–Crippen LogP) is 5.20. The third-order valence-electron chi connectivity index (χ3n) is 3.37. The van der Waals surface area contributed by atoms with Crippen molar-refractivity contribution in [2.45, 2.75) is 31.7 Å². The SMILES string of the molecule is CSc1ccc(NC(C)c2cc(C)ccc2C)cc1. The zero-order chi connectivity index (χ0) is 13.8. The van der Waals surface area contributed by atoms with Gasteiger partial charge in [-0.3, -0.25) is 0 Å². The molecule has 19 heavy (non-hydrogen) atoms. The molecule has 1 atom stereocenters. The van der Waals surface area contributed by atoms with Crippen LogP contribution in [-0.2, 0) is 0 Å². The first-order valence-electron chi connectivity index (χ1n) is 6.58. The normalized spacial score (nSPS) is 12.2. The van der Waals surface area contributed by atoms with Gasteiger partial charge in [0, 0.05) is 16.6 Å². The Labute approximate surface area is 120 Å². The van der Waals surface area contributed by atoms with E-state index in [1.807, 2.05) is 0 Å². The van der Waals surface area contributed by atoms with Gasteiger partial charge in [-0.25, -0.2) is 0 Å². The standard InChI is InChI=1S/C17H21NS/c1-12-5-6-13(2)17(11-12)14(3)18-15-7-9-16(19-4)10-8-15/h5-11,14,18H,1-4H3. The highest BCUT2D eigenvalue weighted by atomic mass is 32.2. The van der Waals surface area contributed by atoms with E-state index in [0.29, 0.717) is 6.04 Å². The summed E-state index contributed by atoms with van der Waals surface area (Å²) >= 11 is 1.77. The van der Waals surface area contributed by atoms with Crippen molar-refractivity contribution < 1.29 is 0 Å². The Morgan fingerprint density at radius 2 is 1.68 bits per heavy atom. The first-order chi connectivity index (χ1) is 9.10. The molecule has 1 N–H and O–H groups in total. The van der Waals surface area contributed by atoms with Crippen molar-refractivity contribution in [2.24, 2.45) is 0 Å². The van der Waals surface area contributed by atoms with Crippen LogP contribution >= 0.6 is 11.8 Å². The molecule has 0 fully saturated rings. The van der Waals surface area contributed by atoms with E-state index < -0.39 is 0 Å². The van der Waals surface area contributed by atoms with E-state index in [2.05, 4.69) is 74.8 Å². The molecule has 2 aromatic rings. The monoisotopic (exact) mass is 271 g/mol. The fraction of sp³-hybridized carbons (Fsp3) is 0.294. The molecule has 0 bridgehead atoms. The van der Waals surface area contributed by atoms with Crippen LogP contribution in [0.25, 0.3) is 0 Å². The number of thioether (sulfide) groups is 1. The van der Waals surface area contributed by atoms with Crippen LogP contribution in [0, 0.1) is 13.8 Å². The maximum absolute atomic E-state index is 3.57. The van der Waals surface area contributed by atoms with E-state index in [1.165, 1.54) is 27.3 Å². The Balaban J connectivity index is 2.15. The van der Waals surface area contributed by atoms with Crippen LogP contribution in [-0.4, -0.2) is 6.26 Å². The molecule has 0 spiro atoms. The molecule has 0 aliphatic rings. The number of hydrogen-bond acceptors (Lipinski definition) is 2. The molecule has 0 saturated heterocycles. The molecule has 0 amide bonds. The predicted molar refractivity (Wildman–Crippen MR) is 86.2 cm³/mol. The Bertz CT molecular complexity index is 546. The van der Waals surface area contributed by atoms with Gasteiger partial charge in [0.1, 0.15) is 0 Å². The zero-order valence-corrected chi connectivity index (χ0v) is 12.8. The lowest BCUT2D eigenvalue weighted by atomic mass is 10.00. The van der Waals surface area contributed by atoms with E-state index >= 15 is 0 Å². The largest absolute Gasteiger partial charge is 0.379 e. The summed E-state index contributed by atoms with van der Waals surface area (Å²) in [5.74, 6) is 0. The van der Waals surface area contributed by atoms with Crippen molar-refractivity contribution in [3.63, 3.8) is 0 Å². The van der Waals surface area contributed by atoms with Crippen LogP contribution in [0.4, 0.5) is 5.69 Å². The second kappa shape index (κ2) is 6.16. The second-order valence-electron chi connectivity index (χ2n) is 4.95. The van der Waals surface area contributed by atoms with Gasteiger partial charge in [0.05, 0.1) is 0 Å². The van der Waals surface area contributed by atoms with Crippen LogP contribution < -0.4 is 5.32 Å². The van der Waals surface area contributed by atoms with Crippen molar-refractivity contribution in [1.29, 1.82) is 0 Å². The molecule has 2 rings (SSSR count). The van der Waals surface area contributed by atoms with Crippen LogP contribution in [0.2, 0.25) is 0 Å². The van der Waals surface area contributed by atoms with E-state index in [1.54, 1.807) is 11.8 Å².